The fourth-order valence-electron chi connectivity index (χ4n) is 3.15. The molecule has 0 radical (unpaired) electrons. The van der Waals surface area contributed by atoms with Gasteiger partial charge in [0.25, 0.3) is 5.91 Å². The van der Waals surface area contributed by atoms with Gasteiger partial charge in [-0.05, 0) is 48.4 Å². The van der Waals surface area contributed by atoms with Crippen molar-refractivity contribution in [3.8, 4) is 17.0 Å². The van der Waals surface area contributed by atoms with Gasteiger partial charge in [-0.1, -0.05) is 37.3 Å². The van der Waals surface area contributed by atoms with E-state index in [1.165, 1.54) is 0 Å². The molecular weight excluding hydrogens is 388 g/mol. The van der Waals surface area contributed by atoms with Gasteiger partial charge in [-0.25, -0.2) is 10.4 Å². The van der Waals surface area contributed by atoms with E-state index in [2.05, 4.69) is 22.4 Å². The number of amides is 1. The van der Waals surface area contributed by atoms with E-state index < -0.39 is 0 Å². The predicted molar refractivity (Wildman–Crippen MR) is 122 cm³/mol. The van der Waals surface area contributed by atoms with E-state index in [4.69, 9.17) is 9.72 Å². The van der Waals surface area contributed by atoms with Crippen LogP contribution < -0.4 is 10.2 Å². The molecule has 0 spiro atoms. The highest BCUT2D eigenvalue weighted by Gasteiger charge is 2.14. The van der Waals surface area contributed by atoms with Crippen LogP contribution in [0.3, 0.4) is 0 Å². The molecule has 4 rings (SSSR count). The average molecular weight is 410 g/mol. The first-order chi connectivity index (χ1) is 15.2. The summed E-state index contributed by atoms with van der Waals surface area (Å²) in [6.07, 6.45) is 5.86. The van der Waals surface area contributed by atoms with Crippen LogP contribution in [-0.2, 0) is 0 Å². The third-order valence-electron chi connectivity index (χ3n) is 4.65. The molecule has 1 amide bonds. The van der Waals surface area contributed by atoms with E-state index >= 15 is 0 Å². The summed E-state index contributed by atoms with van der Waals surface area (Å²) >= 11 is 0. The standard InChI is InChI=1S/C25H22N4O2/c1-2-14-31-20-7-5-6-19(15-20)24-16-22(21-8-3-4-9-23(21)28-24)25(30)29-27-17-18-10-12-26-13-11-18/h3-13,15-17H,2,14H2,1H3,(H,29,30)/b27-17-. The van der Waals surface area contributed by atoms with Crippen LogP contribution in [0.15, 0.2) is 84.2 Å². The first-order valence-electron chi connectivity index (χ1n) is 10.1. The lowest BCUT2D eigenvalue weighted by molar-refractivity contribution is 0.0956. The van der Waals surface area contributed by atoms with Gasteiger partial charge in [0.1, 0.15) is 5.75 Å². The molecule has 0 atom stereocenters. The maximum Gasteiger partial charge on any atom is 0.272 e. The number of nitrogens with zero attached hydrogens (tertiary/aromatic N) is 3. The Balaban J connectivity index is 1.67. The van der Waals surface area contributed by atoms with E-state index in [1.807, 2.05) is 60.7 Å². The number of carbonyl (C=O) groups excluding carboxylic acids is 1. The maximum absolute atomic E-state index is 13.0. The number of hydrazone groups is 1. The second kappa shape index (κ2) is 9.63. The summed E-state index contributed by atoms with van der Waals surface area (Å²) < 4.78 is 5.75. The van der Waals surface area contributed by atoms with Crippen molar-refractivity contribution in [2.24, 2.45) is 5.10 Å². The van der Waals surface area contributed by atoms with Crippen LogP contribution in [-0.4, -0.2) is 28.7 Å². The number of pyridine rings is 2. The van der Waals surface area contributed by atoms with Crippen molar-refractivity contribution in [2.75, 3.05) is 6.61 Å². The number of ether oxygens (including phenoxy) is 1. The Kier molecular flexibility index (Phi) is 6.28. The van der Waals surface area contributed by atoms with Gasteiger partial charge in [0.2, 0.25) is 0 Å². The Labute approximate surface area is 180 Å². The summed E-state index contributed by atoms with van der Waals surface area (Å²) in [7, 11) is 0. The van der Waals surface area contributed by atoms with E-state index in [-0.39, 0.29) is 5.91 Å². The Bertz CT molecular complexity index is 1220. The third-order valence-corrected chi connectivity index (χ3v) is 4.65. The molecular formula is C25H22N4O2. The van der Waals surface area contributed by atoms with Crippen LogP contribution in [0.1, 0.15) is 29.3 Å². The van der Waals surface area contributed by atoms with Crippen LogP contribution in [0.5, 0.6) is 5.75 Å². The van der Waals surface area contributed by atoms with Crippen LogP contribution in [0.2, 0.25) is 0 Å². The number of hydrogen-bond acceptors (Lipinski definition) is 5. The number of fused-ring (bicyclic) bond motifs is 1. The fourth-order valence-corrected chi connectivity index (χ4v) is 3.15. The minimum atomic E-state index is -0.302. The van der Waals surface area contributed by atoms with Gasteiger partial charge < -0.3 is 4.74 Å². The molecule has 0 fully saturated rings. The topological polar surface area (TPSA) is 76.5 Å². The summed E-state index contributed by atoms with van der Waals surface area (Å²) in [4.78, 5) is 21.7. The van der Waals surface area contributed by atoms with Gasteiger partial charge >= 0.3 is 0 Å². The number of hydrogen-bond donors (Lipinski definition) is 1. The molecule has 2 aromatic heterocycles. The quantitative estimate of drug-likeness (QED) is 0.349. The molecule has 0 saturated heterocycles. The second-order valence-corrected chi connectivity index (χ2v) is 6.93. The van der Waals surface area contributed by atoms with Crippen molar-refractivity contribution in [3.63, 3.8) is 0 Å². The Hall–Kier alpha value is -4.06. The zero-order chi connectivity index (χ0) is 21.5. The minimum Gasteiger partial charge on any atom is -0.494 e. The van der Waals surface area contributed by atoms with Crippen molar-refractivity contribution < 1.29 is 9.53 Å². The fraction of sp³-hybridized carbons (Fsp3) is 0.120. The minimum absolute atomic E-state index is 0.302. The zero-order valence-corrected chi connectivity index (χ0v) is 17.2. The molecule has 0 aliphatic heterocycles. The summed E-state index contributed by atoms with van der Waals surface area (Å²) in [5.41, 5.74) is 6.29. The highest BCUT2D eigenvalue weighted by Crippen LogP contribution is 2.27. The van der Waals surface area contributed by atoms with Gasteiger partial charge in [-0.2, -0.15) is 5.10 Å². The number of rotatable bonds is 7. The van der Waals surface area contributed by atoms with E-state index in [0.29, 0.717) is 17.9 Å². The lowest BCUT2D eigenvalue weighted by Gasteiger charge is -2.10. The summed E-state index contributed by atoms with van der Waals surface area (Å²) in [6, 6.07) is 20.7. The molecule has 0 aliphatic carbocycles. The molecule has 0 saturated carbocycles. The predicted octanol–water partition coefficient (Wildman–Crippen LogP) is 4.85. The van der Waals surface area contributed by atoms with Gasteiger partial charge in [-0.3, -0.25) is 9.78 Å². The molecule has 6 heteroatoms. The first-order valence-corrected chi connectivity index (χ1v) is 10.1. The summed E-state index contributed by atoms with van der Waals surface area (Å²) in [6.45, 7) is 2.72. The molecule has 1 N–H and O–H groups in total. The number of nitrogens with one attached hydrogen (secondary N) is 1. The lowest BCUT2D eigenvalue weighted by atomic mass is 10.0. The van der Waals surface area contributed by atoms with Gasteiger partial charge in [-0.15, -0.1) is 0 Å². The molecule has 0 unspecified atom stereocenters. The van der Waals surface area contributed by atoms with Crippen molar-refractivity contribution >= 4 is 23.0 Å². The maximum atomic E-state index is 13.0. The summed E-state index contributed by atoms with van der Waals surface area (Å²) in [5.74, 6) is 0.478. The van der Waals surface area contributed by atoms with Crippen molar-refractivity contribution in [3.05, 3.63) is 90.3 Å². The first kappa shape index (κ1) is 20.2. The van der Waals surface area contributed by atoms with Crippen LogP contribution in [0.4, 0.5) is 0 Å². The molecule has 0 bridgehead atoms. The number of carbonyl (C=O) groups is 1. The molecule has 2 aromatic carbocycles. The molecule has 0 aliphatic rings. The largest absolute Gasteiger partial charge is 0.494 e. The molecule has 2 heterocycles. The molecule has 6 nitrogen and oxygen atoms in total. The smallest absolute Gasteiger partial charge is 0.272 e. The Morgan fingerprint density at radius 2 is 1.90 bits per heavy atom. The Morgan fingerprint density at radius 3 is 2.74 bits per heavy atom. The van der Waals surface area contributed by atoms with Crippen molar-refractivity contribution in [1.29, 1.82) is 0 Å². The number of aromatic nitrogens is 2. The van der Waals surface area contributed by atoms with Gasteiger partial charge in [0, 0.05) is 23.3 Å². The van der Waals surface area contributed by atoms with Gasteiger partial charge in [0.05, 0.1) is 29.6 Å². The van der Waals surface area contributed by atoms with E-state index in [9.17, 15) is 4.79 Å². The Morgan fingerprint density at radius 1 is 1.06 bits per heavy atom. The van der Waals surface area contributed by atoms with Crippen LogP contribution >= 0.6 is 0 Å². The lowest BCUT2D eigenvalue weighted by Crippen LogP contribution is -2.18. The van der Waals surface area contributed by atoms with Crippen LogP contribution in [0.25, 0.3) is 22.2 Å². The summed E-state index contributed by atoms with van der Waals surface area (Å²) in [5, 5.41) is 4.85. The second-order valence-electron chi connectivity index (χ2n) is 6.93. The van der Waals surface area contributed by atoms with Crippen LogP contribution in [0, 0.1) is 0 Å². The molecule has 31 heavy (non-hydrogen) atoms. The SMILES string of the molecule is CCCOc1cccc(-c2cc(C(=O)N/N=C\c3ccncc3)c3ccccc3n2)c1. The van der Waals surface area contributed by atoms with Crippen molar-refractivity contribution in [1.82, 2.24) is 15.4 Å². The molecule has 154 valence electrons. The molecule has 4 aromatic rings. The normalized spacial score (nSPS) is 11.0. The van der Waals surface area contributed by atoms with Crippen molar-refractivity contribution in [2.45, 2.75) is 13.3 Å². The number of para-hydroxylation sites is 1. The highest BCUT2D eigenvalue weighted by atomic mass is 16.5. The van der Waals surface area contributed by atoms with E-state index in [1.54, 1.807) is 24.7 Å². The van der Waals surface area contributed by atoms with E-state index in [0.717, 1.165) is 34.2 Å². The third kappa shape index (κ3) is 4.93. The average Bonchev–Trinajstić information content (AvgIpc) is 2.83. The zero-order valence-electron chi connectivity index (χ0n) is 17.2. The van der Waals surface area contributed by atoms with Gasteiger partial charge in [0.15, 0.2) is 0 Å². The number of benzene rings is 2. The monoisotopic (exact) mass is 410 g/mol. The highest BCUT2D eigenvalue weighted by molar-refractivity contribution is 6.07.